The molecule has 0 radical (unpaired) electrons. The maximum atomic E-state index is 13.3. The Balaban J connectivity index is 2.45. The van der Waals surface area contributed by atoms with Gasteiger partial charge in [-0.1, -0.05) is 6.07 Å². The first-order valence-corrected chi connectivity index (χ1v) is 6.61. The van der Waals surface area contributed by atoms with Crippen molar-refractivity contribution >= 4 is 0 Å². The van der Waals surface area contributed by atoms with Crippen LogP contribution in [0.1, 0.15) is 35.3 Å². The van der Waals surface area contributed by atoms with E-state index < -0.39 is 6.10 Å². The lowest BCUT2D eigenvalue weighted by atomic mass is 10.1. The minimum Gasteiger partial charge on any atom is -0.457 e. The van der Waals surface area contributed by atoms with Crippen molar-refractivity contribution in [2.75, 3.05) is 0 Å². The SMILES string of the molecule is Cc1cc(C)c(C)c(Oc2ccc(F)cc2[C@H](C)O)c1. The molecule has 0 bridgehead atoms. The summed E-state index contributed by atoms with van der Waals surface area (Å²) >= 11 is 0. The van der Waals surface area contributed by atoms with E-state index in [2.05, 4.69) is 6.07 Å². The standard InChI is InChI=1S/C17H19FO2/c1-10-7-11(2)12(3)17(8-10)20-16-6-5-14(18)9-15(16)13(4)19/h5-9,13,19H,1-4H3/t13-/m0/s1. The summed E-state index contributed by atoms with van der Waals surface area (Å²) in [5.41, 5.74) is 3.73. The Morgan fingerprint density at radius 2 is 1.75 bits per heavy atom. The average molecular weight is 274 g/mol. The highest BCUT2D eigenvalue weighted by Gasteiger charge is 2.13. The van der Waals surface area contributed by atoms with Gasteiger partial charge in [0.2, 0.25) is 0 Å². The van der Waals surface area contributed by atoms with Crippen molar-refractivity contribution in [3.05, 3.63) is 58.4 Å². The zero-order chi connectivity index (χ0) is 14.9. The summed E-state index contributed by atoms with van der Waals surface area (Å²) in [5, 5.41) is 9.74. The molecule has 3 heteroatoms. The quantitative estimate of drug-likeness (QED) is 0.886. The van der Waals surface area contributed by atoms with E-state index in [1.165, 1.54) is 12.1 Å². The molecule has 0 saturated carbocycles. The van der Waals surface area contributed by atoms with Crippen molar-refractivity contribution in [2.24, 2.45) is 0 Å². The summed E-state index contributed by atoms with van der Waals surface area (Å²) in [6, 6.07) is 8.21. The predicted octanol–water partition coefficient (Wildman–Crippen LogP) is 4.60. The van der Waals surface area contributed by atoms with Crippen LogP contribution in [0.25, 0.3) is 0 Å². The highest BCUT2D eigenvalue weighted by Crippen LogP contribution is 2.33. The predicted molar refractivity (Wildman–Crippen MR) is 77.8 cm³/mol. The van der Waals surface area contributed by atoms with Gasteiger partial charge in [-0.2, -0.15) is 0 Å². The maximum Gasteiger partial charge on any atom is 0.133 e. The molecule has 0 fully saturated rings. The van der Waals surface area contributed by atoms with Gasteiger partial charge in [0.15, 0.2) is 0 Å². The molecule has 106 valence electrons. The number of benzene rings is 2. The van der Waals surface area contributed by atoms with Crippen LogP contribution in [0.5, 0.6) is 11.5 Å². The van der Waals surface area contributed by atoms with Gasteiger partial charge in [-0.25, -0.2) is 4.39 Å². The van der Waals surface area contributed by atoms with Crippen LogP contribution in [-0.4, -0.2) is 5.11 Å². The fourth-order valence-corrected chi connectivity index (χ4v) is 2.16. The molecular weight excluding hydrogens is 255 g/mol. The van der Waals surface area contributed by atoms with Crippen LogP contribution in [0.2, 0.25) is 0 Å². The first-order chi connectivity index (χ1) is 9.38. The van der Waals surface area contributed by atoms with E-state index in [1.54, 1.807) is 13.0 Å². The second-order valence-electron chi connectivity index (χ2n) is 5.17. The number of aliphatic hydroxyl groups is 1. The lowest BCUT2D eigenvalue weighted by molar-refractivity contribution is 0.195. The van der Waals surface area contributed by atoms with Gasteiger partial charge in [-0.05, 0) is 68.7 Å². The summed E-state index contributed by atoms with van der Waals surface area (Å²) < 4.78 is 19.2. The summed E-state index contributed by atoms with van der Waals surface area (Å²) in [7, 11) is 0. The van der Waals surface area contributed by atoms with Gasteiger partial charge in [-0.15, -0.1) is 0 Å². The van der Waals surface area contributed by atoms with Crippen LogP contribution in [0.3, 0.4) is 0 Å². The Labute approximate surface area is 118 Å². The van der Waals surface area contributed by atoms with E-state index in [4.69, 9.17) is 4.74 Å². The van der Waals surface area contributed by atoms with Crippen molar-refractivity contribution in [2.45, 2.75) is 33.8 Å². The number of hydrogen-bond donors (Lipinski definition) is 1. The Morgan fingerprint density at radius 3 is 2.40 bits per heavy atom. The summed E-state index contributed by atoms with van der Waals surface area (Å²) in [6.45, 7) is 7.60. The van der Waals surface area contributed by atoms with Gasteiger partial charge in [0.25, 0.3) is 0 Å². The summed E-state index contributed by atoms with van der Waals surface area (Å²) in [4.78, 5) is 0. The molecule has 0 unspecified atom stereocenters. The number of aliphatic hydroxyl groups excluding tert-OH is 1. The number of halogens is 1. The van der Waals surface area contributed by atoms with Gasteiger partial charge in [0.1, 0.15) is 17.3 Å². The van der Waals surface area contributed by atoms with E-state index in [-0.39, 0.29) is 5.82 Å². The highest BCUT2D eigenvalue weighted by molar-refractivity contribution is 5.46. The molecule has 1 N–H and O–H groups in total. The third-order valence-electron chi connectivity index (χ3n) is 3.41. The zero-order valence-corrected chi connectivity index (χ0v) is 12.2. The van der Waals surface area contributed by atoms with E-state index >= 15 is 0 Å². The van der Waals surface area contributed by atoms with Crippen molar-refractivity contribution < 1.29 is 14.2 Å². The van der Waals surface area contributed by atoms with Crippen molar-refractivity contribution in [3.63, 3.8) is 0 Å². The Morgan fingerprint density at radius 1 is 1.05 bits per heavy atom. The lowest BCUT2D eigenvalue weighted by Gasteiger charge is -2.16. The van der Waals surface area contributed by atoms with Crippen molar-refractivity contribution in [1.82, 2.24) is 0 Å². The van der Waals surface area contributed by atoms with Crippen LogP contribution < -0.4 is 4.74 Å². The van der Waals surface area contributed by atoms with Gasteiger partial charge >= 0.3 is 0 Å². The summed E-state index contributed by atoms with van der Waals surface area (Å²) in [6.07, 6.45) is -0.785. The van der Waals surface area contributed by atoms with E-state index in [9.17, 15) is 9.50 Å². The largest absolute Gasteiger partial charge is 0.457 e. The minimum absolute atomic E-state index is 0.384. The average Bonchev–Trinajstić information content (AvgIpc) is 2.37. The summed E-state index contributed by atoms with van der Waals surface area (Å²) in [5.74, 6) is 0.830. The van der Waals surface area contributed by atoms with Crippen LogP contribution >= 0.6 is 0 Å². The number of aryl methyl sites for hydroxylation is 2. The van der Waals surface area contributed by atoms with Crippen molar-refractivity contribution in [3.8, 4) is 11.5 Å². The molecule has 2 aromatic rings. The normalized spacial score (nSPS) is 12.3. The fraction of sp³-hybridized carbons (Fsp3) is 0.294. The number of ether oxygens (including phenoxy) is 1. The third kappa shape index (κ3) is 2.99. The molecule has 0 heterocycles. The topological polar surface area (TPSA) is 29.5 Å². The van der Waals surface area contributed by atoms with Gasteiger partial charge in [0, 0.05) is 5.56 Å². The minimum atomic E-state index is -0.785. The molecule has 2 rings (SSSR count). The van der Waals surface area contributed by atoms with E-state index in [0.717, 1.165) is 22.4 Å². The molecular formula is C17H19FO2. The zero-order valence-electron chi connectivity index (χ0n) is 12.2. The van der Waals surface area contributed by atoms with Gasteiger partial charge < -0.3 is 9.84 Å². The molecule has 0 aliphatic carbocycles. The molecule has 0 aliphatic rings. The molecule has 20 heavy (non-hydrogen) atoms. The molecule has 0 amide bonds. The first kappa shape index (κ1) is 14.5. The first-order valence-electron chi connectivity index (χ1n) is 6.61. The Kier molecular flexibility index (Phi) is 4.09. The van der Waals surface area contributed by atoms with Crippen molar-refractivity contribution in [1.29, 1.82) is 0 Å². The second-order valence-corrected chi connectivity index (χ2v) is 5.17. The Bertz CT molecular complexity index is 633. The number of rotatable bonds is 3. The van der Waals surface area contributed by atoms with E-state index in [1.807, 2.05) is 26.8 Å². The molecule has 0 spiro atoms. The molecule has 0 saturated heterocycles. The smallest absolute Gasteiger partial charge is 0.133 e. The highest BCUT2D eigenvalue weighted by atomic mass is 19.1. The fourth-order valence-electron chi connectivity index (χ4n) is 2.16. The van der Waals surface area contributed by atoms with E-state index in [0.29, 0.717) is 11.3 Å². The number of hydrogen-bond acceptors (Lipinski definition) is 2. The molecule has 0 aromatic heterocycles. The van der Waals surface area contributed by atoms with Gasteiger partial charge in [-0.3, -0.25) is 0 Å². The maximum absolute atomic E-state index is 13.3. The molecule has 1 atom stereocenters. The van der Waals surface area contributed by atoms with Crippen LogP contribution in [-0.2, 0) is 0 Å². The molecule has 0 aliphatic heterocycles. The molecule has 2 nitrogen and oxygen atoms in total. The Hall–Kier alpha value is -1.87. The van der Waals surface area contributed by atoms with Crippen LogP contribution in [0.15, 0.2) is 30.3 Å². The van der Waals surface area contributed by atoms with Gasteiger partial charge in [0.05, 0.1) is 6.10 Å². The second kappa shape index (κ2) is 5.63. The monoisotopic (exact) mass is 274 g/mol. The van der Waals surface area contributed by atoms with Crippen LogP contribution in [0, 0.1) is 26.6 Å². The third-order valence-corrected chi connectivity index (χ3v) is 3.41. The van der Waals surface area contributed by atoms with Crippen LogP contribution in [0.4, 0.5) is 4.39 Å². The molecule has 2 aromatic carbocycles. The lowest BCUT2D eigenvalue weighted by Crippen LogP contribution is -1.99.